The zero-order chi connectivity index (χ0) is 12.5. The largest absolute Gasteiger partial charge is 2.00 e. The Labute approximate surface area is 120 Å². The molecule has 18 heavy (non-hydrogen) atoms. The van der Waals surface area contributed by atoms with Crippen molar-refractivity contribution in [3.05, 3.63) is 48.0 Å². The molecule has 0 spiro atoms. The van der Waals surface area contributed by atoms with Gasteiger partial charge in [0.1, 0.15) is 5.56 Å². The molecular weight excluding hydrogens is 337 g/mol. The summed E-state index contributed by atoms with van der Waals surface area (Å²) in [5.74, 6) is 0. The first-order valence-electron chi connectivity index (χ1n) is 3.92. The first-order valence-corrected chi connectivity index (χ1v) is 3.92. The van der Waals surface area contributed by atoms with E-state index in [1.54, 1.807) is 0 Å². The van der Waals surface area contributed by atoms with E-state index in [0.29, 0.717) is 12.1 Å². The molecule has 0 saturated heterocycles. The maximum Gasteiger partial charge on any atom is 2.00 e. The maximum atomic E-state index is 10.5. The van der Waals surface area contributed by atoms with Crippen molar-refractivity contribution in [2.75, 3.05) is 0 Å². The maximum absolute atomic E-state index is 10.5. The van der Waals surface area contributed by atoms with Crippen molar-refractivity contribution in [1.82, 2.24) is 0 Å². The van der Waals surface area contributed by atoms with E-state index in [2.05, 4.69) is 0 Å². The minimum atomic E-state index is -0.917. The van der Waals surface area contributed by atoms with Gasteiger partial charge in [-0.25, -0.2) is 0 Å². The summed E-state index contributed by atoms with van der Waals surface area (Å²) in [5.41, 5.74) is -2.16. The zero-order valence-corrected chi connectivity index (χ0v) is 10.7. The summed E-state index contributed by atoms with van der Waals surface area (Å²) in [7, 11) is 0. The average Bonchev–Trinajstić information content (AvgIpc) is 2.16. The van der Waals surface area contributed by atoms with E-state index in [9.17, 15) is 30.3 Å². The van der Waals surface area contributed by atoms with Crippen LogP contribution in [-0.4, -0.2) is 14.8 Å². The van der Waals surface area contributed by atoms with Crippen LogP contribution in [0.1, 0.15) is 5.56 Å². The van der Waals surface area contributed by atoms with Crippen LogP contribution in [0.4, 0.5) is 17.1 Å². The number of non-ortho nitro benzene ring substituents is 1. The molecule has 0 aliphatic carbocycles. The second kappa shape index (κ2) is 7.00. The van der Waals surface area contributed by atoms with Crippen LogP contribution < -0.4 is 0 Å². The zero-order valence-electron chi connectivity index (χ0n) is 8.62. The fourth-order valence-electron chi connectivity index (χ4n) is 1.15. The second-order valence-corrected chi connectivity index (χ2v) is 2.88. The van der Waals surface area contributed by atoms with Crippen LogP contribution in [0.15, 0.2) is 12.1 Å². The van der Waals surface area contributed by atoms with Gasteiger partial charge < -0.3 is 0 Å². The Morgan fingerprint density at radius 3 is 1.44 bits per heavy atom. The Kier molecular flexibility index (Phi) is 7.31. The monoisotopic (exact) mass is 341 g/mol. The van der Waals surface area contributed by atoms with E-state index >= 15 is 0 Å². The molecule has 0 aliphatic heterocycles. The van der Waals surface area contributed by atoms with Crippen LogP contribution in [0, 0.1) is 37.3 Å². The van der Waals surface area contributed by atoms with Gasteiger partial charge in [-0.2, -0.15) is 0 Å². The third-order valence-corrected chi connectivity index (χ3v) is 1.94. The molecule has 0 atom stereocenters. The molecule has 0 radical (unpaired) electrons. The first kappa shape index (κ1) is 18.8. The van der Waals surface area contributed by atoms with Crippen LogP contribution in [0.25, 0.3) is 0 Å². The Bertz CT molecular complexity index is 473. The van der Waals surface area contributed by atoms with Crippen molar-refractivity contribution in [2.45, 2.75) is 6.92 Å². The SMILES string of the molecule is Cc1c([N+](=O)[O-])cc([N+](=O)[O-])cc1[N+](=O)[O-].[Fe+2].[Ni+2]. The molecule has 0 N–H and O–H groups in total. The van der Waals surface area contributed by atoms with Gasteiger partial charge in [0.05, 0.1) is 26.9 Å². The molecule has 1 aromatic rings. The first-order chi connectivity index (χ1) is 7.34. The summed E-state index contributed by atoms with van der Waals surface area (Å²) >= 11 is 0. The Hall–Kier alpha value is -1.57. The Morgan fingerprint density at radius 1 is 0.889 bits per heavy atom. The van der Waals surface area contributed by atoms with Crippen LogP contribution in [0.3, 0.4) is 0 Å². The van der Waals surface area contributed by atoms with Gasteiger partial charge in [0.2, 0.25) is 0 Å². The van der Waals surface area contributed by atoms with Crippen molar-refractivity contribution in [2.24, 2.45) is 0 Å². The van der Waals surface area contributed by atoms with Gasteiger partial charge in [0.25, 0.3) is 17.1 Å². The van der Waals surface area contributed by atoms with Gasteiger partial charge in [0.15, 0.2) is 0 Å². The minimum absolute atomic E-state index is 0. The van der Waals surface area contributed by atoms with Crippen LogP contribution >= 0.6 is 0 Å². The van der Waals surface area contributed by atoms with E-state index in [4.69, 9.17) is 0 Å². The summed E-state index contributed by atoms with van der Waals surface area (Å²) in [4.78, 5) is 28.8. The summed E-state index contributed by atoms with van der Waals surface area (Å²) in [6, 6.07) is 1.39. The van der Waals surface area contributed by atoms with E-state index in [0.717, 1.165) is 0 Å². The fourth-order valence-corrected chi connectivity index (χ4v) is 1.15. The average molecular weight is 342 g/mol. The van der Waals surface area contributed by atoms with E-state index in [1.807, 2.05) is 0 Å². The Morgan fingerprint density at radius 2 is 1.22 bits per heavy atom. The van der Waals surface area contributed by atoms with Crippen molar-refractivity contribution in [3.63, 3.8) is 0 Å². The topological polar surface area (TPSA) is 129 Å². The normalized spacial score (nSPS) is 8.72. The predicted octanol–water partition coefficient (Wildman–Crippen LogP) is 1.71. The van der Waals surface area contributed by atoms with Crippen molar-refractivity contribution >= 4 is 17.1 Å². The van der Waals surface area contributed by atoms with Crippen LogP contribution in [-0.2, 0) is 33.6 Å². The molecule has 0 saturated carbocycles. The molecule has 0 aromatic heterocycles. The minimum Gasteiger partial charge on any atom is -0.258 e. The van der Waals surface area contributed by atoms with Crippen LogP contribution in [0.5, 0.6) is 0 Å². The fraction of sp³-hybridized carbons (Fsp3) is 0.143. The molecule has 98 valence electrons. The van der Waals surface area contributed by atoms with Crippen LogP contribution in [0.2, 0.25) is 0 Å². The van der Waals surface area contributed by atoms with Crippen molar-refractivity contribution in [1.29, 1.82) is 0 Å². The number of nitro benzene ring substituents is 3. The number of rotatable bonds is 3. The molecule has 0 unspecified atom stereocenters. The summed E-state index contributed by atoms with van der Waals surface area (Å²) < 4.78 is 0. The molecule has 0 amide bonds. The second-order valence-electron chi connectivity index (χ2n) is 2.88. The van der Waals surface area contributed by atoms with Crippen molar-refractivity contribution in [3.8, 4) is 0 Å². The van der Waals surface area contributed by atoms with Crippen molar-refractivity contribution < 1.29 is 48.3 Å². The van der Waals surface area contributed by atoms with Gasteiger partial charge in [-0.3, -0.25) is 30.3 Å². The number of hydrogen-bond donors (Lipinski definition) is 0. The van der Waals surface area contributed by atoms with Gasteiger partial charge in [-0.05, 0) is 6.92 Å². The summed E-state index contributed by atoms with van der Waals surface area (Å²) in [6.07, 6.45) is 0. The van der Waals surface area contributed by atoms with Gasteiger partial charge in [0, 0.05) is 0 Å². The molecule has 1 rings (SSSR count). The molecule has 9 nitrogen and oxygen atoms in total. The van der Waals surface area contributed by atoms with Gasteiger partial charge in [-0.1, -0.05) is 0 Å². The van der Waals surface area contributed by atoms with Gasteiger partial charge >= 0.3 is 33.6 Å². The standard InChI is InChI=1S/C7H5N3O6.Fe.Ni/c1-4-6(9(13)14)2-5(8(11)12)3-7(4)10(15)16;;/h2-3H,1H3;;/q;2*+2. The number of nitrogens with zero attached hydrogens (tertiary/aromatic N) is 3. The number of nitro groups is 3. The molecule has 11 heteroatoms. The quantitative estimate of drug-likeness (QED) is 0.467. The Balaban J connectivity index is 0. The smallest absolute Gasteiger partial charge is 0.258 e. The molecular formula is C7H5FeN3NiO6+4. The molecule has 0 heterocycles. The third kappa shape index (κ3) is 3.73. The van der Waals surface area contributed by atoms with E-state index in [-0.39, 0.29) is 39.1 Å². The molecule has 0 aliphatic rings. The van der Waals surface area contributed by atoms with E-state index < -0.39 is 31.8 Å². The molecule has 1 aromatic carbocycles. The summed E-state index contributed by atoms with van der Waals surface area (Å²) in [6.45, 7) is 1.17. The number of hydrogen-bond acceptors (Lipinski definition) is 6. The predicted molar refractivity (Wildman–Crippen MR) is 51.1 cm³/mol. The molecule has 0 bridgehead atoms. The van der Waals surface area contributed by atoms with E-state index in [1.165, 1.54) is 6.92 Å². The third-order valence-electron chi connectivity index (χ3n) is 1.94. The number of benzene rings is 1. The summed E-state index contributed by atoms with van der Waals surface area (Å²) in [5, 5.41) is 31.5. The van der Waals surface area contributed by atoms with Gasteiger partial charge in [-0.15, -0.1) is 0 Å². The molecule has 0 fully saturated rings.